The molecule has 27 heavy (non-hydrogen) atoms. The molecule has 0 radical (unpaired) electrons. The van der Waals surface area contributed by atoms with Crippen molar-refractivity contribution < 1.29 is 27.5 Å². The Morgan fingerprint density at radius 3 is 2.41 bits per heavy atom. The van der Waals surface area contributed by atoms with Gasteiger partial charge in [0, 0.05) is 18.8 Å². The minimum atomic E-state index is -3.68. The van der Waals surface area contributed by atoms with Gasteiger partial charge in [0.1, 0.15) is 0 Å². The van der Waals surface area contributed by atoms with Gasteiger partial charge in [-0.3, -0.25) is 9.59 Å². The molecule has 1 amide bonds. The number of rotatable bonds is 6. The van der Waals surface area contributed by atoms with Crippen LogP contribution >= 0.6 is 0 Å². The van der Waals surface area contributed by atoms with E-state index in [2.05, 4.69) is 5.32 Å². The molecule has 150 valence electrons. The maximum Gasteiger partial charge on any atom is 0.309 e. The van der Waals surface area contributed by atoms with E-state index in [0.29, 0.717) is 37.6 Å². The largest absolute Gasteiger partial charge is 0.452 e. The molecule has 1 aliphatic rings. The molecule has 1 heterocycles. The second-order valence-electron chi connectivity index (χ2n) is 6.72. The van der Waals surface area contributed by atoms with Gasteiger partial charge >= 0.3 is 5.97 Å². The van der Waals surface area contributed by atoms with Crippen molar-refractivity contribution in [2.45, 2.75) is 38.7 Å². The van der Waals surface area contributed by atoms with Crippen LogP contribution in [0, 0.1) is 12.8 Å². The maximum absolute atomic E-state index is 12.9. The molecule has 1 fully saturated rings. The monoisotopic (exact) mass is 398 g/mol. The molecule has 8 nitrogen and oxygen atoms in total. The summed E-state index contributed by atoms with van der Waals surface area (Å²) >= 11 is 0. The van der Waals surface area contributed by atoms with Crippen LogP contribution in [0.4, 0.5) is 5.69 Å². The molecule has 1 aromatic carbocycles. The fourth-order valence-corrected chi connectivity index (χ4v) is 4.15. The van der Waals surface area contributed by atoms with Crippen molar-refractivity contribution in [1.82, 2.24) is 4.31 Å². The fourth-order valence-electron chi connectivity index (χ4n) is 2.49. The van der Waals surface area contributed by atoms with Crippen molar-refractivity contribution in [1.29, 1.82) is 0 Å². The number of carbonyl (C=O) groups excluding carboxylic acids is 2. The maximum atomic E-state index is 12.9. The van der Waals surface area contributed by atoms with E-state index in [0.717, 1.165) is 0 Å². The Morgan fingerprint density at radius 1 is 1.19 bits per heavy atom. The van der Waals surface area contributed by atoms with Gasteiger partial charge < -0.3 is 14.8 Å². The van der Waals surface area contributed by atoms with Crippen LogP contribution in [-0.2, 0) is 29.1 Å². The van der Waals surface area contributed by atoms with E-state index in [1.165, 1.54) is 17.3 Å². The standard InChI is InChI=1S/C18H26N2O6S/c1-12(2)18(22)26-14(4)17(21)19-15-6-5-13(3)16(11-15)27(23,24)20-7-9-25-10-8-20/h5-6,11-12,14H,7-10H2,1-4H3,(H,19,21)/t14-/m0/s1. The summed E-state index contributed by atoms with van der Waals surface area (Å²) in [4.78, 5) is 24.0. The third kappa shape index (κ3) is 5.27. The number of ether oxygens (including phenoxy) is 2. The van der Waals surface area contributed by atoms with E-state index in [1.54, 1.807) is 32.9 Å². The van der Waals surface area contributed by atoms with E-state index in [9.17, 15) is 18.0 Å². The van der Waals surface area contributed by atoms with Crippen molar-refractivity contribution >= 4 is 27.6 Å². The van der Waals surface area contributed by atoms with E-state index in [1.807, 2.05) is 0 Å². The highest BCUT2D eigenvalue weighted by Gasteiger charge is 2.28. The number of amides is 1. The molecule has 0 bridgehead atoms. The molecular weight excluding hydrogens is 372 g/mol. The van der Waals surface area contributed by atoms with Crippen molar-refractivity contribution in [2.24, 2.45) is 5.92 Å². The predicted octanol–water partition coefficient (Wildman–Crippen LogP) is 1.54. The van der Waals surface area contributed by atoms with Crippen LogP contribution in [0.15, 0.2) is 23.1 Å². The molecule has 1 N–H and O–H groups in total. The number of nitrogens with zero attached hydrogens (tertiary/aromatic N) is 1. The van der Waals surface area contributed by atoms with Gasteiger partial charge in [0.25, 0.3) is 5.91 Å². The number of benzene rings is 1. The van der Waals surface area contributed by atoms with E-state index < -0.39 is 28.0 Å². The molecular formula is C18H26N2O6S. The lowest BCUT2D eigenvalue weighted by Crippen LogP contribution is -2.40. The Bertz CT molecular complexity index is 800. The molecule has 0 spiro atoms. The van der Waals surface area contributed by atoms with Gasteiger partial charge in [0.05, 0.1) is 24.0 Å². The van der Waals surface area contributed by atoms with Gasteiger partial charge in [-0.2, -0.15) is 4.31 Å². The highest BCUT2D eigenvalue weighted by molar-refractivity contribution is 7.89. The van der Waals surface area contributed by atoms with Crippen LogP contribution in [-0.4, -0.2) is 57.0 Å². The number of carbonyl (C=O) groups is 2. The number of aryl methyl sites for hydroxylation is 1. The lowest BCUT2D eigenvalue weighted by Gasteiger charge is -2.27. The number of sulfonamides is 1. The normalized spacial score (nSPS) is 16.8. The second-order valence-corrected chi connectivity index (χ2v) is 8.63. The average molecular weight is 398 g/mol. The number of esters is 1. The number of anilines is 1. The third-order valence-electron chi connectivity index (χ3n) is 4.18. The molecule has 1 aromatic rings. The molecule has 9 heteroatoms. The van der Waals surface area contributed by atoms with E-state index in [-0.39, 0.29) is 10.8 Å². The van der Waals surface area contributed by atoms with Crippen LogP contribution < -0.4 is 5.32 Å². The first-order valence-electron chi connectivity index (χ1n) is 8.83. The Kier molecular flexibility index (Phi) is 6.96. The Balaban J connectivity index is 2.17. The van der Waals surface area contributed by atoms with Crippen LogP contribution in [0.5, 0.6) is 0 Å². The van der Waals surface area contributed by atoms with Crippen LogP contribution in [0.25, 0.3) is 0 Å². The molecule has 0 unspecified atom stereocenters. The van der Waals surface area contributed by atoms with E-state index in [4.69, 9.17) is 9.47 Å². The smallest absolute Gasteiger partial charge is 0.309 e. The summed E-state index contributed by atoms with van der Waals surface area (Å²) in [6, 6.07) is 4.67. The van der Waals surface area contributed by atoms with Gasteiger partial charge in [0.15, 0.2) is 6.10 Å². The summed E-state index contributed by atoms with van der Waals surface area (Å²) in [5.74, 6) is -1.34. The minimum Gasteiger partial charge on any atom is -0.452 e. The van der Waals surface area contributed by atoms with Crippen molar-refractivity contribution in [3.63, 3.8) is 0 Å². The zero-order valence-electron chi connectivity index (χ0n) is 16.0. The summed E-state index contributed by atoms with van der Waals surface area (Å²) < 4.78 is 37.4. The van der Waals surface area contributed by atoms with Crippen molar-refractivity contribution in [3.05, 3.63) is 23.8 Å². The molecule has 1 aliphatic heterocycles. The Labute approximate surface area is 159 Å². The molecule has 2 rings (SSSR count). The zero-order chi connectivity index (χ0) is 20.2. The van der Waals surface area contributed by atoms with Gasteiger partial charge in [0.2, 0.25) is 10.0 Å². The fraction of sp³-hybridized carbons (Fsp3) is 0.556. The van der Waals surface area contributed by atoms with E-state index >= 15 is 0 Å². The third-order valence-corrected chi connectivity index (χ3v) is 6.22. The van der Waals surface area contributed by atoms with Crippen LogP contribution in [0.3, 0.4) is 0 Å². The summed E-state index contributed by atoms with van der Waals surface area (Å²) in [6.45, 7) is 7.81. The summed E-state index contributed by atoms with van der Waals surface area (Å²) in [6.07, 6.45) is -0.986. The number of hydrogen-bond acceptors (Lipinski definition) is 6. The molecule has 0 aliphatic carbocycles. The SMILES string of the molecule is Cc1ccc(NC(=O)[C@H](C)OC(=O)C(C)C)cc1S(=O)(=O)N1CCOCC1. The Morgan fingerprint density at radius 2 is 1.81 bits per heavy atom. The number of nitrogens with one attached hydrogen (secondary N) is 1. The predicted molar refractivity (Wildman–Crippen MR) is 99.8 cm³/mol. The number of morpholine rings is 1. The second kappa shape index (κ2) is 8.81. The first-order valence-corrected chi connectivity index (χ1v) is 10.3. The van der Waals surface area contributed by atoms with Crippen LogP contribution in [0.2, 0.25) is 0 Å². The molecule has 1 atom stereocenters. The lowest BCUT2D eigenvalue weighted by atomic mass is 10.2. The van der Waals surface area contributed by atoms with Crippen molar-refractivity contribution in [3.8, 4) is 0 Å². The minimum absolute atomic E-state index is 0.133. The van der Waals surface area contributed by atoms with Crippen molar-refractivity contribution in [2.75, 3.05) is 31.6 Å². The molecule has 0 saturated carbocycles. The zero-order valence-corrected chi connectivity index (χ0v) is 16.8. The number of hydrogen-bond donors (Lipinski definition) is 1. The van der Waals surface area contributed by atoms with Gasteiger partial charge in [-0.15, -0.1) is 0 Å². The average Bonchev–Trinajstić information content (AvgIpc) is 2.63. The highest BCUT2D eigenvalue weighted by atomic mass is 32.2. The van der Waals surface area contributed by atoms with Gasteiger partial charge in [-0.1, -0.05) is 19.9 Å². The first-order chi connectivity index (χ1) is 12.6. The lowest BCUT2D eigenvalue weighted by molar-refractivity contribution is -0.156. The first kappa shape index (κ1) is 21.3. The summed E-state index contributed by atoms with van der Waals surface area (Å²) in [5.41, 5.74) is 0.906. The highest BCUT2D eigenvalue weighted by Crippen LogP contribution is 2.24. The topological polar surface area (TPSA) is 102 Å². The summed E-state index contributed by atoms with van der Waals surface area (Å²) in [7, 11) is -3.68. The quantitative estimate of drug-likeness (QED) is 0.730. The molecule has 1 saturated heterocycles. The van der Waals surface area contributed by atoms with Gasteiger partial charge in [-0.05, 0) is 31.5 Å². The summed E-state index contributed by atoms with van der Waals surface area (Å²) in [5, 5.41) is 2.60. The van der Waals surface area contributed by atoms with Gasteiger partial charge in [-0.25, -0.2) is 8.42 Å². The Hall–Kier alpha value is -1.97. The molecule has 0 aromatic heterocycles. The van der Waals surface area contributed by atoms with Crippen LogP contribution in [0.1, 0.15) is 26.3 Å².